The third-order valence-corrected chi connectivity index (χ3v) is 7.87. The van der Waals surface area contributed by atoms with Crippen molar-refractivity contribution in [1.29, 1.82) is 0 Å². The first-order valence-corrected chi connectivity index (χ1v) is 14.8. The molecule has 3 N–H and O–H groups in total. The lowest BCUT2D eigenvalue weighted by Crippen LogP contribution is -2.24. The number of amides is 1. The summed E-state index contributed by atoms with van der Waals surface area (Å²) in [5.74, 6) is -2.01. The van der Waals surface area contributed by atoms with Crippen LogP contribution in [0, 0.1) is 11.6 Å². The highest BCUT2D eigenvalue weighted by molar-refractivity contribution is 7.18. The largest absolute Gasteiger partial charge is 0.490 e. The average Bonchev–Trinajstić information content (AvgIpc) is 3.78. The number of hydrogen-bond donors (Lipinski definition) is 3. The number of thiophene rings is 1. The number of carbonyl (C=O) groups is 1. The van der Waals surface area contributed by atoms with Crippen molar-refractivity contribution in [3.63, 3.8) is 0 Å². The number of aliphatic hydroxyl groups is 1. The number of aliphatic hydroxyl groups excluding tert-OH is 1. The van der Waals surface area contributed by atoms with Gasteiger partial charge in [0.2, 0.25) is 5.91 Å². The number of methoxy groups -OCH3 is 2. The standard InChI is InChI=1S/C31H32F2N6O5S/c1-5-26(41)35-17(2)23-12-24(38-37-23)30-28(27-22(33)10-19(32)11-25(27)44-8-7-42-3)31-21(6-9-45-31)29(36-30)18-13-34-39(14-18)15-20(40)16-43-4/h5-6,9-14,17,20,40H,1,7-8,15-16H2,2-4H3,(H,35,41)(H,37,38). The predicted molar refractivity (Wildman–Crippen MR) is 166 cm³/mol. The molecule has 5 rings (SSSR count). The van der Waals surface area contributed by atoms with Gasteiger partial charge in [-0.3, -0.25) is 14.6 Å². The zero-order chi connectivity index (χ0) is 32.1. The lowest BCUT2D eigenvalue weighted by Gasteiger charge is -2.17. The van der Waals surface area contributed by atoms with Gasteiger partial charge in [-0.25, -0.2) is 13.8 Å². The van der Waals surface area contributed by atoms with Crippen LogP contribution in [0.5, 0.6) is 5.75 Å². The molecule has 2 unspecified atom stereocenters. The number of pyridine rings is 1. The van der Waals surface area contributed by atoms with Gasteiger partial charge < -0.3 is 24.6 Å². The first-order chi connectivity index (χ1) is 21.7. The molecule has 0 aliphatic heterocycles. The van der Waals surface area contributed by atoms with Crippen LogP contribution in [0.4, 0.5) is 8.78 Å². The molecule has 0 spiro atoms. The number of halogens is 2. The van der Waals surface area contributed by atoms with Crippen LogP contribution in [0.15, 0.2) is 54.7 Å². The van der Waals surface area contributed by atoms with Crippen molar-refractivity contribution in [2.45, 2.75) is 25.6 Å². The van der Waals surface area contributed by atoms with Gasteiger partial charge in [0.15, 0.2) is 0 Å². The van der Waals surface area contributed by atoms with E-state index in [4.69, 9.17) is 19.2 Å². The second-order valence-electron chi connectivity index (χ2n) is 10.2. The zero-order valence-corrected chi connectivity index (χ0v) is 25.7. The summed E-state index contributed by atoms with van der Waals surface area (Å²) in [4.78, 5) is 17.0. The summed E-state index contributed by atoms with van der Waals surface area (Å²) >= 11 is 1.35. The fourth-order valence-corrected chi connectivity index (χ4v) is 5.83. The minimum atomic E-state index is -0.838. The zero-order valence-electron chi connectivity index (χ0n) is 24.8. The molecule has 11 nitrogen and oxygen atoms in total. The number of carbonyl (C=O) groups excluding carboxylic acids is 1. The molecule has 0 aliphatic carbocycles. The highest BCUT2D eigenvalue weighted by atomic mass is 32.1. The Hall–Kier alpha value is -4.50. The molecule has 0 radical (unpaired) electrons. The van der Waals surface area contributed by atoms with Crippen LogP contribution in [0.1, 0.15) is 18.7 Å². The predicted octanol–water partition coefficient (Wildman–Crippen LogP) is 4.89. The molecular weight excluding hydrogens is 606 g/mol. The number of H-pyrrole nitrogens is 1. The van der Waals surface area contributed by atoms with Crippen LogP contribution >= 0.6 is 11.3 Å². The molecule has 45 heavy (non-hydrogen) atoms. The first kappa shape index (κ1) is 31.9. The Morgan fingerprint density at radius 1 is 1.20 bits per heavy atom. The molecule has 0 bridgehead atoms. The Balaban J connectivity index is 1.72. The van der Waals surface area contributed by atoms with Crippen molar-refractivity contribution in [1.82, 2.24) is 30.3 Å². The lowest BCUT2D eigenvalue weighted by molar-refractivity contribution is -0.117. The molecule has 236 valence electrons. The minimum Gasteiger partial charge on any atom is -0.490 e. The van der Waals surface area contributed by atoms with Crippen molar-refractivity contribution in [3.8, 4) is 39.5 Å². The average molecular weight is 639 g/mol. The number of benzene rings is 1. The maximum absolute atomic E-state index is 15.9. The van der Waals surface area contributed by atoms with Crippen LogP contribution in [0.2, 0.25) is 0 Å². The van der Waals surface area contributed by atoms with Gasteiger partial charge in [-0.15, -0.1) is 11.3 Å². The summed E-state index contributed by atoms with van der Waals surface area (Å²) in [6.07, 6.45) is 3.78. The Kier molecular flexibility index (Phi) is 9.98. The van der Waals surface area contributed by atoms with Gasteiger partial charge in [0.05, 0.1) is 55.1 Å². The number of fused-ring (bicyclic) bond motifs is 1. The molecule has 0 aliphatic rings. The number of nitrogens with zero attached hydrogens (tertiary/aromatic N) is 4. The van der Waals surface area contributed by atoms with Crippen molar-refractivity contribution >= 4 is 27.3 Å². The summed E-state index contributed by atoms with van der Waals surface area (Å²) in [6.45, 7) is 5.87. The van der Waals surface area contributed by atoms with E-state index in [-0.39, 0.29) is 43.6 Å². The summed E-state index contributed by atoms with van der Waals surface area (Å²) in [5.41, 5.74) is 2.78. The van der Waals surface area contributed by atoms with E-state index in [1.54, 1.807) is 30.1 Å². The Labute approximate surface area is 261 Å². The normalized spacial score (nSPS) is 12.8. The van der Waals surface area contributed by atoms with Crippen LogP contribution in [0.25, 0.3) is 43.9 Å². The van der Waals surface area contributed by atoms with Crippen molar-refractivity contribution < 1.29 is 32.9 Å². The van der Waals surface area contributed by atoms with E-state index in [2.05, 4.69) is 27.2 Å². The number of nitrogens with one attached hydrogen (secondary N) is 2. The topological polar surface area (TPSA) is 136 Å². The fraction of sp³-hybridized carbons (Fsp3) is 0.290. The Morgan fingerprint density at radius 3 is 2.78 bits per heavy atom. The van der Waals surface area contributed by atoms with Crippen LogP contribution in [-0.2, 0) is 20.8 Å². The van der Waals surface area contributed by atoms with Crippen molar-refractivity contribution in [3.05, 3.63) is 72.0 Å². The molecule has 0 fully saturated rings. The molecule has 5 aromatic rings. The van der Waals surface area contributed by atoms with Gasteiger partial charge in [0, 0.05) is 53.8 Å². The quantitative estimate of drug-likeness (QED) is 0.116. The van der Waals surface area contributed by atoms with E-state index < -0.39 is 23.8 Å². The summed E-state index contributed by atoms with van der Waals surface area (Å²) in [5, 5.41) is 27.4. The van der Waals surface area contributed by atoms with E-state index >= 15 is 4.39 Å². The van der Waals surface area contributed by atoms with E-state index in [0.717, 1.165) is 12.1 Å². The maximum atomic E-state index is 15.9. The number of rotatable bonds is 14. The highest BCUT2D eigenvalue weighted by Gasteiger charge is 2.27. The number of aromatic nitrogens is 5. The second-order valence-corrected chi connectivity index (χ2v) is 11.1. The summed E-state index contributed by atoms with van der Waals surface area (Å²) in [6, 6.07) is 5.04. The van der Waals surface area contributed by atoms with E-state index in [9.17, 15) is 14.3 Å². The summed E-state index contributed by atoms with van der Waals surface area (Å²) in [7, 11) is 3.01. The van der Waals surface area contributed by atoms with Gasteiger partial charge in [-0.2, -0.15) is 10.2 Å². The van der Waals surface area contributed by atoms with Gasteiger partial charge in [0.1, 0.15) is 35.4 Å². The van der Waals surface area contributed by atoms with Gasteiger partial charge in [0.25, 0.3) is 0 Å². The number of ether oxygens (including phenoxy) is 3. The van der Waals surface area contributed by atoms with Crippen molar-refractivity contribution in [2.75, 3.05) is 34.0 Å². The lowest BCUT2D eigenvalue weighted by atomic mass is 9.97. The molecule has 1 aromatic carbocycles. The highest BCUT2D eigenvalue weighted by Crippen LogP contribution is 2.47. The molecule has 0 saturated carbocycles. The van der Waals surface area contributed by atoms with Crippen molar-refractivity contribution in [2.24, 2.45) is 0 Å². The number of aromatic amines is 1. The molecule has 1 amide bonds. The molecular formula is C31H32F2N6O5S. The third-order valence-electron chi connectivity index (χ3n) is 6.94. The van der Waals surface area contributed by atoms with Gasteiger partial charge >= 0.3 is 0 Å². The molecule has 4 aromatic heterocycles. The fourth-order valence-electron chi connectivity index (χ4n) is 4.88. The maximum Gasteiger partial charge on any atom is 0.243 e. The smallest absolute Gasteiger partial charge is 0.243 e. The Morgan fingerprint density at radius 2 is 2.02 bits per heavy atom. The second kappa shape index (κ2) is 14.1. The SMILES string of the molecule is C=CC(=O)NC(C)c1cc(-c2nc(-c3cnn(CC(O)COC)c3)c3ccsc3c2-c2c(F)cc(F)cc2OCCOC)n[nH]1. The summed E-state index contributed by atoms with van der Waals surface area (Å²) < 4.78 is 48.5. The third kappa shape index (κ3) is 6.93. The number of hydrogen-bond acceptors (Lipinski definition) is 9. The van der Waals surface area contributed by atoms with Gasteiger partial charge in [-0.05, 0) is 30.5 Å². The Bertz CT molecular complexity index is 1820. The van der Waals surface area contributed by atoms with Crippen LogP contribution < -0.4 is 10.1 Å². The van der Waals surface area contributed by atoms with Crippen LogP contribution in [-0.4, -0.2) is 76.1 Å². The first-order valence-electron chi connectivity index (χ1n) is 13.9. The van der Waals surface area contributed by atoms with Crippen LogP contribution in [0.3, 0.4) is 0 Å². The monoisotopic (exact) mass is 638 g/mol. The van der Waals surface area contributed by atoms with E-state index in [0.29, 0.717) is 44.0 Å². The molecule has 14 heteroatoms. The molecule has 0 saturated heterocycles. The molecule has 2 atom stereocenters. The molecule has 4 heterocycles. The van der Waals surface area contributed by atoms with E-state index in [1.165, 1.54) is 31.6 Å². The van der Waals surface area contributed by atoms with E-state index in [1.807, 2.05) is 11.4 Å². The van der Waals surface area contributed by atoms with Gasteiger partial charge in [-0.1, -0.05) is 6.58 Å². The minimum absolute atomic E-state index is 0.0163.